The van der Waals surface area contributed by atoms with Gasteiger partial charge in [0.05, 0.1) is 16.7 Å². The van der Waals surface area contributed by atoms with E-state index < -0.39 is 0 Å². The molecule has 0 saturated heterocycles. The molecule has 36 heavy (non-hydrogen) atoms. The molecule has 2 aromatic carbocycles. The normalized spacial score (nSPS) is 12.1. The van der Waals surface area contributed by atoms with Gasteiger partial charge in [-0.15, -0.1) is 11.3 Å². The lowest BCUT2D eigenvalue weighted by atomic mass is 10.0. The SMILES string of the molecule is Cc1nc2sccn2c1C(=O)NCCC(Cc1ccccc1)N(C)C(=O)c1ccc2nccnc2c1. The highest BCUT2D eigenvalue weighted by atomic mass is 32.1. The molecular weight excluding hydrogens is 472 g/mol. The molecule has 182 valence electrons. The topological polar surface area (TPSA) is 92.5 Å². The van der Waals surface area contributed by atoms with Gasteiger partial charge in [0.2, 0.25) is 0 Å². The molecule has 5 rings (SSSR count). The minimum absolute atomic E-state index is 0.0959. The summed E-state index contributed by atoms with van der Waals surface area (Å²) < 4.78 is 1.81. The highest BCUT2D eigenvalue weighted by Gasteiger charge is 2.23. The largest absolute Gasteiger partial charge is 0.351 e. The molecule has 3 aromatic heterocycles. The number of hydrogen-bond acceptors (Lipinski definition) is 6. The second-order valence-electron chi connectivity index (χ2n) is 8.67. The van der Waals surface area contributed by atoms with E-state index in [9.17, 15) is 9.59 Å². The van der Waals surface area contributed by atoms with Gasteiger partial charge in [0.15, 0.2) is 4.96 Å². The fourth-order valence-corrected chi connectivity index (χ4v) is 5.15. The number of carbonyl (C=O) groups excluding carboxylic acids is 2. The van der Waals surface area contributed by atoms with Crippen molar-refractivity contribution in [3.63, 3.8) is 0 Å². The molecule has 0 fully saturated rings. The van der Waals surface area contributed by atoms with Crippen molar-refractivity contribution in [1.82, 2.24) is 29.6 Å². The van der Waals surface area contributed by atoms with Crippen LogP contribution >= 0.6 is 11.3 Å². The van der Waals surface area contributed by atoms with Gasteiger partial charge in [0.25, 0.3) is 11.8 Å². The molecule has 0 aliphatic heterocycles. The molecule has 1 unspecified atom stereocenters. The van der Waals surface area contributed by atoms with E-state index in [1.54, 1.807) is 29.4 Å². The average Bonchev–Trinajstić information content (AvgIpc) is 3.47. The molecule has 9 heteroatoms. The molecule has 0 saturated carbocycles. The number of aromatic nitrogens is 4. The van der Waals surface area contributed by atoms with Gasteiger partial charge in [0.1, 0.15) is 5.69 Å². The summed E-state index contributed by atoms with van der Waals surface area (Å²) in [6, 6.07) is 15.3. The van der Waals surface area contributed by atoms with Crippen LogP contribution in [0.1, 0.15) is 38.5 Å². The number of benzene rings is 2. The van der Waals surface area contributed by atoms with Gasteiger partial charge in [-0.05, 0) is 43.5 Å². The van der Waals surface area contributed by atoms with Gasteiger partial charge >= 0.3 is 0 Å². The van der Waals surface area contributed by atoms with Crippen LogP contribution < -0.4 is 5.32 Å². The van der Waals surface area contributed by atoms with E-state index in [1.807, 2.05) is 54.2 Å². The van der Waals surface area contributed by atoms with E-state index in [-0.39, 0.29) is 17.9 Å². The minimum Gasteiger partial charge on any atom is -0.351 e. The molecule has 0 aliphatic carbocycles. The fraction of sp³-hybridized carbons (Fsp3) is 0.222. The van der Waals surface area contributed by atoms with Crippen molar-refractivity contribution in [3.8, 4) is 0 Å². The number of aryl methyl sites for hydroxylation is 1. The summed E-state index contributed by atoms with van der Waals surface area (Å²) in [5.41, 5.74) is 4.36. The molecule has 0 radical (unpaired) electrons. The Morgan fingerprint density at radius 2 is 1.86 bits per heavy atom. The number of nitrogens with zero attached hydrogens (tertiary/aromatic N) is 5. The molecule has 1 atom stereocenters. The first-order valence-electron chi connectivity index (χ1n) is 11.7. The van der Waals surface area contributed by atoms with Crippen LogP contribution in [-0.2, 0) is 6.42 Å². The molecule has 3 heterocycles. The zero-order valence-corrected chi connectivity index (χ0v) is 20.9. The quantitative estimate of drug-likeness (QED) is 0.347. The number of rotatable bonds is 8. The van der Waals surface area contributed by atoms with Gasteiger partial charge in [-0.1, -0.05) is 30.3 Å². The third-order valence-corrected chi connectivity index (χ3v) is 7.07. The van der Waals surface area contributed by atoms with Gasteiger partial charge in [-0.3, -0.25) is 24.0 Å². The highest BCUT2D eigenvalue weighted by molar-refractivity contribution is 7.15. The second kappa shape index (κ2) is 10.2. The van der Waals surface area contributed by atoms with Crippen LogP contribution in [0, 0.1) is 6.92 Å². The number of likely N-dealkylation sites (N-methyl/N-ethyl adjacent to an activating group) is 1. The predicted octanol–water partition coefficient (Wildman–Crippen LogP) is 4.15. The van der Waals surface area contributed by atoms with Crippen LogP contribution in [0.3, 0.4) is 0 Å². The second-order valence-corrected chi connectivity index (χ2v) is 9.54. The molecule has 0 bridgehead atoms. The lowest BCUT2D eigenvalue weighted by Gasteiger charge is -2.29. The third kappa shape index (κ3) is 4.83. The monoisotopic (exact) mass is 498 g/mol. The third-order valence-electron chi connectivity index (χ3n) is 6.31. The first-order valence-corrected chi connectivity index (χ1v) is 12.6. The van der Waals surface area contributed by atoms with Crippen molar-refractivity contribution >= 4 is 39.1 Å². The average molecular weight is 499 g/mol. The van der Waals surface area contributed by atoms with Crippen LogP contribution in [0.2, 0.25) is 0 Å². The number of amides is 2. The Morgan fingerprint density at radius 3 is 2.67 bits per heavy atom. The summed E-state index contributed by atoms with van der Waals surface area (Å²) in [5.74, 6) is -0.264. The Morgan fingerprint density at radius 1 is 1.08 bits per heavy atom. The first kappa shape index (κ1) is 23.6. The Labute approximate surface area is 212 Å². The van der Waals surface area contributed by atoms with Crippen LogP contribution in [0.25, 0.3) is 16.0 Å². The van der Waals surface area contributed by atoms with E-state index in [0.717, 1.165) is 16.0 Å². The summed E-state index contributed by atoms with van der Waals surface area (Å²) in [6.07, 6.45) is 6.38. The molecule has 8 nitrogen and oxygen atoms in total. The fourth-order valence-electron chi connectivity index (χ4n) is 4.39. The zero-order chi connectivity index (χ0) is 25.1. The predicted molar refractivity (Wildman–Crippen MR) is 140 cm³/mol. The Kier molecular flexibility index (Phi) is 6.73. The van der Waals surface area contributed by atoms with E-state index in [1.165, 1.54) is 11.3 Å². The van der Waals surface area contributed by atoms with Crippen molar-refractivity contribution in [1.29, 1.82) is 0 Å². The summed E-state index contributed by atoms with van der Waals surface area (Å²) in [4.78, 5) is 42.0. The first-order chi connectivity index (χ1) is 17.5. The van der Waals surface area contributed by atoms with Crippen molar-refractivity contribution < 1.29 is 9.59 Å². The Bertz CT molecular complexity index is 1530. The summed E-state index contributed by atoms with van der Waals surface area (Å²) >= 11 is 1.49. The zero-order valence-electron chi connectivity index (χ0n) is 20.1. The molecule has 2 amide bonds. The van der Waals surface area contributed by atoms with Crippen molar-refractivity contribution in [2.45, 2.75) is 25.8 Å². The van der Waals surface area contributed by atoms with E-state index in [2.05, 4.69) is 32.4 Å². The number of imidazole rings is 1. The molecule has 0 spiro atoms. The Balaban J connectivity index is 1.32. The molecule has 0 aliphatic rings. The van der Waals surface area contributed by atoms with Crippen molar-refractivity contribution in [3.05, 3.63) is 95.0 Å². The lowest BCUT2D eigenvalue weighted by molar-refractivity contribution is 0.0723. The van der Waals surface area contributed by atoms with E-state index >= 15 is 0 Å². The van der Waals surface area contributed by atoms with Crippen LogP contribution in [0.4, 0.5) is 0 Å². The summed E-state index contributed by atoms with van der Waals surface area (Å²) in [6.45, 7) is 2.27. The number of fused-ring (bicyclic) bond motifs is 2. The van der Waals surface area contributed by atoms with Gasteiger partial charge in [0, 0.05) is 49.2 Å². The maximum absolute atomic E-state index is 13.4. The molecule has 1 N–H and O–H groups in total. The summed E-state index contributed by atoms with van der Waals surface area (Å²) in [7, 11) is 1.81. The lowest BCUT2D eigenvalue weighted by Crippen LogP contribution is -2.41. The van der Waals surface area contributed by atoms with E-state index in [4.69, 9.17) is 0 Å². The Hall–Kier alpha value is -4.11. The highest BCUT2D eigenvalue weighted by Crippen LogP contribution is 2.19. The van der Waals surface area contributed by atoms with Gasteiger partial charge in [-0.2, -0.15) is 0 Å². The maximum atomic E-state index is 13.4. The minimum atomic E-state index is -0.168. The molecular formula is C27H26N6O2S. The number of thiazole rings is 1. The molecule has 5 aromatic rings. The van der Waals surface area contributed by atoms with Gasteiger partial charge in [-0.25, -0.2) is 4.98 Å². The number of nitrogens with one attached hydrogen (secondary N) is 1. The van der Waals surface area contributed by atoms with Crippen molar-refractivity contribution in [2.75, 3.05) is 13.6 Å². The number of carbonyl (C=O) groups is 2. The van der Waals surface area contributed by atoms with Gasteiger partial charge < -0.3 is 10.2 Å². The van der Waals surface area contributed by atoms with E-state index in [0.29, 0.717) is 41.9 Å². The standard InChI is InChI=1S/C27H26N6O2S/c1-18-24(33-14-15-36-27(33)31-18)25(34)30-11-10-21(16-19-6-4-3-5-7-19)32(2)26(35)20-8-9-22-23(17-20)29-13-12-28-22/h3-9,12-15,17,21H,10-11,16H2,1-2H3,(H,30,34). The van der Waals surface area contributed by atoms with Crippen molar-refractivity contribution in [2.24, 2.45) is 0 Å². The van der Waals surface area contributed by atoms with Crippen LogP contribution in [0.5, 0.6) is 0 Å². The van der Waals surface area contributed by atoms with Crippen LogP contribution in [-0.4, -0.2) is 55.7 Å². The smallest absolute Gasteiger partial charge is 0.270 e. The maximum Gasteiger partial charge on any atom is 0.270 e. The van der Waals surface area contributed by atoms with Crippen LogP contribution in [0.15, 0.2) is 72.5 Å². The number of hydrogen-bond donors (Lipinski definition) is 1. The summed E-state index contributed by atoms with van der Waals surface area (Å²) in [5, 5.41) is 4.94.